The molecule has 4 nitrogen and oxygen atoms in total. The molecule has 1 atom stereocenters. The normalized spacial score (nSPS) is 12.2. The minimum Gasteiger partial charge on any atom is -0.472 e. The highest BCUT2D eigenvalue weighted by Gasteiger charge is 2.13. The summed E-state index contributed by atoms with van der Waals surface area (Å²) in [6.45, 7) is -0.0408. The van der Waals surface area contributed by atoms with Crippen LogP contribution in [0.2, 0.25) is 0 Å². The van der Waals surface area contributed by atoms with Crippen molar-refractivity contribution in [2.45, 2.75) is 12.5 Å². The van der Waals surface area contributed by atoms with Crippen LogP contribution in [0, 0.1) is 11.6 Å². The number of aliphatic hydroxyl groups is 1. The van der Waals surface area contributed by atoms with Crippen LogP contribution in [0.25, 0.3) is 0 Å². The fourth-order valence-electron chi connectivity index (χ4n) is 1.72. The molecular formula is C14H13F2NO3. The molecule has 0 unspecified atom stereocenters. The summed E-state index contributed by atoms with van der Waals surface area (Å²) >= 11 is 0. The first-order valence-electron chi connectivity index (χ1n) is 5.98. The number of benzene rings is 1. The van der Waals surface area contributed by atoms with Gasteiger partial charge in [0, 0.05) is 19.0 Å². The Kier molecular flexibility index (Phi) is 4.47. The third kappa shape index (κ3) is 3.64. The highest BCUT2D eigenvalue weighted by molar-refractivity contribution is 5.93. The van der Waals surface area contributed by atoms with Crippen LogP contribution < -0.4 is 5.32 Å². The minimum atomic E-state index is -0.967. The minimum absolute atomic E-state index is 0.0161. The molecule has 2 rings (SSSR count). The van der Waals surface area contributed by atoms with Crippen molar-refractivity contribution in [3.05, 3.63) is 59.6 Å². The number of aliphatic hydroxyl groups excluding tert-OH is 1. The van der Waals surface area contributed by atoms with Crippen molar-refractivity contribution >= 4 is 5.91 Å². The second-order valence-corrected chi connectivity index (χ2v) is 4.32. The SMILES string of the molecule is O=C(NC[C@H](O)Cc1ccc(F)cc1F)c1ccoc1. The molecule has 2 aromatic rings. The van der Waals surface area contributed by atoms with E-state index in [0.29, 0.717) is 5.56 Å². The molecular weight excluding hydrogens is 268 g/mol. The quantitative estimate of drug-likeness (QED) is 0.879. The van der Waals surface area contributed by atoms with Crippen molar-refractivity contribution in [1.82, 2.24) is 5.32 Å². The van der Waals surface area contributed by atoms with Crippen LogP contribution in [0.4, 0.5) is 8.78 Å². The van der Waals surface area contributed by atoms with Gasteiger partial charge in [0.1, 0.15) is 17.9 Å². The van der Waals surface area contributed by atoms with Gasteiger partial charge in [0.05, 0.1) is 17.9 Å². The zero-order valence-electron chi connectivity index (χ0n) is 10.5. The summed E-state index contributed by atoms with van der Waals surface area (Å²) in [5, 5.41) is 12.2. The maximum Gasteiger partial charge on any atom is 0.254 e. The van der Waals surface area contributed by atoms with Gasteiger partial charge in [-0.1, -0.05) is 6.07 Å². The van der Waals surface area contributed by atoms with E-state index in [4.69, 9.17) is 4.42 Å². The average Bonchev–Trinajstić information content (AvgIpc) is 2.93. The Labute approximate surface area is 114 Å². The smallest absolute Gasteiger partial charge is 0.254 e. The molecule has 1 aromatic heterocycles. The molecule has 0 aliphatic heterocycles. The zero-order valence-corrected chi connectivity index (χ0v) is 10.5. The molecule has 0 radical (unpaired) electrons. The molecule has 0 aliphatic rings. The van der Waals surface area contributed by atoms with E-state index in [1.807, 2.05) is 0 Å². The molecule has 0 spiro atoms. The van der Waals surface area contributed by atoms with Gasteiger partial charge in [-0.25, -0.2) is 8.78 Å². The van der Waals surface area contributed by atoms with Crippen LogP contribution in [-0.4, -0.2) is 23.7 Å². The van der Waals surface area contributed by atoms with Crippen molar-refractivity contribution in [2.75, 3.05) is 6.54 Å². The molecule has 2 N–H and O–H groups in total. The molecule has 1 amide bonds. The fraction of sp³-hybridized carbons (Fsp3) is 0.214. The van der Waals surface area contributed by atoms with Gasteiger partial charge in [0.2, 0.25) is 0 Å². The predicted octanol–water partition coefficient (Wildman–Crippen LogP) is 1.89. The number of amides is 1. The van der Waals surface area contributed by atoms with E-state index in [0.717, 1.165) is 12.1 Å². The van der Waals surface area contributed by atoms with Crippen LogP contribution in [0.1, 0.15) is 15.9 Å². The Bertz CT molecular complexity index is 584. The summed E-state index contributed by atoms with van der Waals surface area (Å²) in [5.41, 5.74) is 0.529. The third-order valence-electron chi connectivity index (χ3n) is 2.75. The van der Waals surface area contributed by atoms with E-state index in [-0.39, 0.29) is 18.5 Å². The van der Waals surface area contributed by atoms with Gasteiger partial charge in [-0.05, 0) is 17.7 Å². The van der Waals surface area contributed by atoms with E-state index in [1.54, 1.807) is 0 Å². The van der Waals surface area contributed by atoms with Crippen LogP contribution in [-0.2, 0) is 6.42 Å². The van der Waals surface area contributed by atoms with Crippen molar-refractivity contribution in [3.63, 3.8) is 0 Å². The number of rotatable bonds is 5. The van der Waals surface area contributed by atoms with Crippen molar-refractivity contribution < 1.29 is 23.1 Å². The Morgan fingerprint density at radius 3 is 2.80 bits per heavy atom. The molecule has 106 valence electrons. The standard InChI is InChI=1S/C14H13F2NO3/c15-11-2-1-9(13(16)6-11)5-12(18)7-17-14(19)10-3-4-20-8-10/h1-4,6,8,12,18H,5,7H2,(H,17,19)/t12-/m1/s1. The predicted molar refractivity (Wildman–Crippen MR) is 67.1 cm³/mol. The van der Waals surface area contributed by atoms with E-state index in [9.17, 15) is 18.7 Å². The largest absolute Gasteiger partial charge is 0.472 e. The lowest BCUT2D eigenvalue weighted by Gasteiger charge is -2.12. The maximum atomic E-state index is 13.4. The van der Waals surface area contributed by atoms with E-state index < -0.39 is 23.6 Å². The first kappa shape index (κ1) is 14.2. The van der Waals surface area contributed by atoms with Crippen molar-refractivity contribution in [2.24, 2.45) is 0 Å². The van der Waals surface area contributed by atoms with Gasteiger partial charge in [0.25, 0.3) is 5.91 Å². The lowest BCUT2D eigenvalue weighted by atomic mass is 10.1. The number of carbonyl (C=O) groups excluding carboxylic acids is 1. The second kappa shape index (κ2) is 6.29. The Morgan fingerprint density at radius 1 is 1.35 bits per heavy atom. The first-order valence-corrected chi connectivity index (χ1v) is 5.98. The molecule has 0 saturated carbocycles. The first-order chi connectivity index (χ1) is 9.56. The molecule has 0 bridgehead atoms. The maximum absolute atomic E-state index is 13.4. The van der Waals surface area contributed by atoms with Crippen molar-refractivity contribution in [1.29, 1.82) is 0 Å². The lowest BCUT2D eigenvalue weighted by molar-refractivity contribution is 0.0915. The summed E-state index contributed by atoms with van der Waals surface area (Å²) in [6, 6.07) is 4.63. The number of carbonyl (C=O) groups is 1. The monoisotopic (exact) mass is 281 g/mol. The zero-order chi connectivity index (χ0) is 14.5. The van der Waals surface area contributed by atoms with E-state index in [2.05, 4.69) is 5.32 Å². The van der Waals surface area contributed by atoms with Gasteiger partial charge < -0.3 is 14.8 Å². The Balaban J connectivity index is 1.86. The van der Waals surface area contributed by atoms with Crippen molar-refractivity contribution in [3.8, 4) is 0 Å². The number of nitrogens with one attached hydrogen (secondary N) is 1. The Hall–Kier alpha value is -2.21. The van der Waals surface area contributed by atoms with Crippen LogP contribution in [0.5, 0.6) is 0 Å². The van der Waals surface area contributed by atoms with E-state index >= 15 is 0 Å². The van der Waals surface area contributed by atoms with Crippen LogP contribution in [0.15, 0.2) is 41.2 Å². The van der Waals surface area contributed by atoms with Gasteiger partial charge >= 0.3 is 0 Å². The highest BCUT2D eigenvalue weighted by Crippen LogP contribution is 2.11. The van der Waals surface area contributed by atoms with Crippen LogP contribution >= 0.6 is 0 Å². The summed E-state index contributed by atoms with van der Waals surface area (Å²) in [7, 11) is 0. The van der Waals surface area contributed by atoms with Gasteiger partial charge in [-0.3, -0.25) is 4.79 Å². The highest BCUT2D eigenvalue weighted by atomic mass is 19.1. The topological polar surface area (TPSA) is 62.5 Å². The number of hydrogen-bond acceptors (Lipinski definition) is 3. The lowest BCUT2D eigenvalue weighted by Crippen LogP contribution is -2.33. The van der Waals surface area contributed by atoms with Crippen LogP contribution in [0.3, 0.4) is 0 Å². The summed E-state index contributed by atoms with van der Waals surface area (Å²) < 4.78 is 30.9. The van der Waals surface area contributed by atoms with E-state index in [1.165, 1.54) is 24.7 Å². The number of furan rings is 1. The Morgan fingerprint density at radius 2 is 2.15 bits per heavy atom. The average molecular weight is 281 g/mol. The molecule has 20 heavy (non-hydrogen) atoms. The third-order valence-corrected chi connectivity index (χ3v) is 2.75. The van der Waals surface area contributed by atoms with Gasteiger partial charge in [0.15, 0.2) is 0 Å². The molecule has 0 fully saturated rings. The van der Waals surface area contributed by atoms with Gasteiger partial charge in [-0.2, -0.15) is 0 Å². The van der Waals surface area contributed by atoms with Gasteiger partial charge in [-0.15, -0.1) is 0 Å². The molecule has 1 aromatic carbocycles. The molecule has 6 heteroatoms. The second-order valence-electron chi connectivity index (χ2n) is 4.32. The summed E-state index contributed by atoms with van der Waals surface area (Å²) in [6.07, 6.45) is 1.66. The molecule has 1 heterocycles. The number of halogens is 2. The summed E-state index contributed by atoms with van der Waals surface area (Å²) in [4.78, 5) is 11.6. The molecule has 0 aliphatic carbocycles. The summed E-state index contributed by atoms with van der Waals surface area (Å²) in [5.74, 6) is -1.78. The number of hydrogen-bond donors (Lipinski definition) is 2. The fourth-order valence-corrected chi connectivity index (χ4v) is 1.72. The molecule has 0 saturated heterocycles.